The number of hydrogen-bond acceptors (Lipinski definition) is 4. The molecule has 1 N–H and O–H groups in total. The van der Waals surface area contributed by atoms with Crippen molar-refractivity contribution >= 4 is 34.3 Å². The third-order valence-corrected chi connectivity index (χ3v) is 5.02. The molecule has 0 aliphatic rings. The maximum Gasteiger partial charge on any atom is 0.267 e. The molecular formula is C19H18N2O3S. The summed E-state index contributed by atoms with van der Waals surface area (Å²) in [5.74, 6) is -0.807. The Labute approximate surface area is 149 Å². The van der Waals surface area contributed by atoms with Crippen molar-refractivity contribution < 1.29 is 9.90 Å². The Balaban J connectivity index is 2.26. The van der Waals surface area contributed by atoms with E-state index in [0.29, 0.717) is 16.6 Å². The molecule has 1 aromatic heterocycles. The van der Waals surface area contributed by atoms with Gasteiger partial charge < -0.3 is 14.6 Å². The van der Waals surface area contributed by atoms with E-state index < -0.39 is 11.5 Å². The molecule has 25 heavy (non-hydrogen) atoms. The fourth-order valence-electron chi connectivity index (χ4n) is 2.84. The molecule has 0 aliphatic heterocycles. The maximum absolute atomic E-state index is 12.9. The molecule has 1 heterocycles. The van der Waals surface area contributed by atoms with Gasteiger partial charge in [0.1, 0.15) is 11.3 Å². The number of para-hydroxylation sites is 1. The average molecular weight is 354 g/mol. The van der Waals surface area contributed by atoms with Crippen LogP contribution in [0.15, 0.2) is 58.2 Å². The molecule has 1 amide bonds. The summed E-state index contributed by atoms with van der Waals surface area (Å²) in [4.78, 5) is 27.8. The van der Waals surface area contributed by atoms with Crippen LogP contribution in [0.3, 0.4) is 0 Å². The minimum atomic E-state index is -0.540. The van der Waals surface area contributed by atoms with Crippen molar-refractivity contribution in [3.8, 4) is 5.75 Å². The van der Waals surface area contributed by atoms with Crippen LogP contribution in [-0.4, -0.2) is 28.9 Å². The first kappa shape index (κ1) is 17.1. The number of hydrogen-bond donors (Lipinski definition) is 1. The van der Waals surface area contributed by atoms with Crippen LogP contribution >= 0.6 is 11.8 Å². The third-order valence-electron chi connectivity index (χ3n) is 4.24. The summed E-state index contributed by atoms with van der Waals surface area (Å²) >= 11 is 1.45. The summed E-state index contributed by atoms with van der Waals surface area (Å²) in [5.41, 5.74) is 0.499. The minimum Gasteiger partial charge on any atom is -0.506 e. The van der Waals surface area contributed by atoms with E-state index in [1.165, 1.54) is 21.2 Å². The molecule has 0 unspecified atom stereocenters. The lowest BCUT2D eigenvalue weighted by molar-refractivity contribution is 0.0988. The molecule has 3 rings (SSSR count). The Kier molecular flexibility index (Phi) is 4.55. The molecule has 2 aromatic carbocycles. The van der Waals surface area contributed by atoms with Crippen LogP contribution in [-0.2, 0) is 7.05 Å². The predicted octanol–water partition coefficient (Wildman–Crippen LogP) is 3.24. The van der Waals surface area contributed by atoms with E-state index in [4.69, 9.17) is 0 Å². The van der Waals surface area contributed by atoms with Crippen molar-refractivity contribution in [2.75, 3.05) is 18.2 Å². The zero-order chi connectivity index (χ0) is 18.1. The van der Waals surface area contributed by atoms with E-state index in [1.54, 1.807) is 32.3 Å². The van der Waals surface area contributed by atoms with Gasteiger partial charge in [0.25, 0.3) is 11.5 Å². The average Bonchev–Trinajstić information content (AvgIpc) is 2.65. The lowest BCUT2D eigenvalue weighted by Gasteiger charge is -2.19. The zero-order valence-electron chi connectivity index (χ0n) is 14.2. The highest BCUT2D eigenvalue weighted by molar-refractivity contribution is 7.98. The van der Waals surface area contributed by atoms with Gasteiger partial charge in [0.2, 0.25) is 0 Å². The third kappa shape index (κ3) is 2.78. The molecule has 0 atom stereocenters. The van der Waals surface area contributed by atoms with E-state index in [9.17, 15) is 14.7 Å². The summed E-state index contributed by atoms with van der Waals surface area (Å²) in [5, 5.41) is 11.3. The van der Waals surface area contributed by atoms with Crippen LogP contribution in [0.1, 0.15) is 10.4 Å². The molecule has 6 heteroatoms. The standard InChI is InChI=1S/C19H18N2O3S/c1-20(12-8-5-4-6-9-12)18(23)16-17(22)15-13(21(2)19(16)24)10-7-11-14(15)25-3/h4-11,22H,1-3H3. The predicted molar refractivity (Wildman–Crippen MR) is 102 cm³/mol. The number of pyridine rings is 1. The normalized spacial score (nSPS) is 10.8. The second-order valence-corrected chi connectivity index (χ2v) is 6.49. The summed E-state index contributed by atoms with van der Waals surface area (Å²) in [6.07, 6.45) is 1.89. The summed E-state index contributed by atoms with van der Waals surface area (Å²) < 4.78 is 1.40. The Hall–Kier alpha value is -2.73. The smallest absolute Gasteiger partial charge is 0.267 e. The molecule has 0 aliphatic carbocycles. The summed E-state index contributed by atoms with van der Waals surface area (Å²) in [6.45, 7) is 0. The quantitative estimate of drug-likeness (QED) is 0.734. The van der Waals surface area contributed by atoms with Crippen LogP contribution in [0.5, 0.6) is 5.75 Å². The van der Waals surface area contributed by atoms with Crippen molar-refractivity contribution in [3.63, 3.8) is 0 Å². The van der Waals surface area contributed by atoms with Crippen LogP contribution in [0.4, 0.5) is 5.69 Å². The van der Waals surface area contributed by atoms with Crippen molar-refractivity contribution in [2.45, 2.75) is 4.90 Å². The molecule has 0 fully saturated rings. The van der Waals surface area contributed by atoms with Crippen molar-refractivity contribution in [2.24, 2.45) is 7.05 Å². The molecule has 0 saturated carbocycles. The van der Waals surface area contributed by atoms with Crippen molar-refractivity contribution in [1.82, 2.24) is 4.57 Å². The van der Waals surface area contributed by atoms with E-state index in [-0.39, 0.29) is 11.3 Å². The second kappa shape index (κ2) is 6.64. The number of aromatic nitrogens is 1. The summed E-state index contributed by atoms with van der Waals surface area (Å²) in [6, 6.07) is 14.4. The van der Waals surface area contributed by atoms with Gasteiger partial charge in [0.05, 0.1) is 10.9 Å². The molecule has 0 spiro atoms. The van der Waals surface area contributed by atoms with Gasteiger partial charge in [-0.05, 0) is 30.5 Å². The first-order chi connectivity index (χ1) is 12.0. The zero-order valence-corrected chi connectivity index (χ0v) is 15.0. The van der Waals surface area contributed by atoms with Gasteiger partial charge in [0, 0.05) is 24.7 Å². The fraction of sp³-hybridized carbons (Fsp3) is 0.158. The van der Waals surface area contributed by atoms with Crippen LogP contribution < -0.4 is 10.5 Å². The number of amides is 1. The molecule has 128 valence electrons. The number of carbonyl (C=O) groups excluding carboxylic acids is 1. The molecule has 0 bridgehead atoms. The highest BCUT2D eigenvalue weighted by atomic mass is 32.2. The van der Waals surface area contributed by atoms with Crippen LogP contribution in [0, 0.1) is 0 Å². The first-order valence-electron chi connectivity index (χ1n) is 7.69. The van der Waals surface area contributed by atoms with E-state index in [0.717, 1.165) is 4.90 Å². The molecule has 3 aromatic rings. The number of rotatable bonds is 3. The van der Waals surface area contributed by atoms with Gasteiger partial charge in [0.15, 0.2) is 0 Å². The Morgan fingerprint density at radius 3 is 2.44 bits per heavy atom. The first-order valence-corrected chi connectivity index (χ1v) is 8.91. The molecule has 0 radical (unpaired) electrons. The second-order valence-electron chi connectivity index (χ2n) is 5.64. The molecule has 0 saturated heterocycles. The monoisotopic (exact) mass is 354 g/mol. The van der Waals surface area contributed by atoms with Crippen molar-refractivity contribution in [1.29, 1.82) is 0 Å². The number of aryl methyl sites for hydroxylation is 1. The Morgan fingerprint density at radius 2 is 1.80 bits per heavy atom. The minimum absolute atomic E-state index is 0.220. The van der Waals surface area contributed by atoms with E-state index in [2.05, 4.69) is 0 Å². The van der Waals surface area contributed by atoms with Crippen LogP contribution in [0.2, 0.25) is 0 Å². The number of thioether (sulfide) groups is 1. The molecular weight excluding hydrogens is 336 g/mol. The number of nitrogens with zero attached hydrogens (tertiary/aromatic N) is 2. The van der Waals surface area contributed by atoms with E-state index >= 15 is 0 Å². The maximum atomic E-state index is 12.9. The van der Waals surface area contributed by atoms with Crippen molar-refractivity contribution in [3.05, 3.63) is 64.4 Å². The number of carbonyl (C=O) groups is 1. The number of benzene rings is 2. The number of fused-ring (bicyclic) bond motifs is 1. The Morgan fingerprint density at radius 1 is 1.12 bits per heavy atom. The Bertz CT molecular complexity index is 1010. The topological polar surface area (TPSA) is 62.5 Å². The van der Waals surface area contributed by atoms with Crippen LogP contribution in [0.25, 0.3) is 10.9 Å². The lowest BCUT2D eigenvalue weighted by atomic mass is 10.1. The fourth-order valence-corrected chi connectivity index (χ4v) is 3.46. The number of anilines is 1. The van der Waals surface area contributed by atoms with Gasteiger partial charge in [-0.2, -0.15) is 0 Å². The van der Waals surface area contributed by atoms with Gasteiger partial charge in [-0.15, -0.1) is 11.8 Å². The SMILES string of the molecule is CSc1cccc2c1c(O)c(C(=O)N(C)c1ccccc1)c(=O)n2C. The van der Waals surface area contributed by atoms with Gasteiger partial charge in [-0.3, -0.25) is 9.59 Å². The summed E-state index contributed by atoms with van der Waals surface area (Å²) in [7, 11) is 3.19. The largest absolute Gasteiger partial charge is 0.506 e. The van der Waals surface area contributed by atoms with Gasteiger partial charge in [-0.1, -0.05) is 24.3 Å². The van der Waals surface area contributed by atoms with Gasteiger partial charge in [-0.25, -0.2) is 0 Å². The van der Waals surface area contributed by atoms with E-state index in [1.807, 2.05) is 36.6 Å². The highest BCUT2D eigenvalue weighted by Crippen LogP contribution is 2.34. The molecule has 5 nitrogen and oxygen atoms in total. The highest BCUT2D eigenvalue weighted by Gasteiger charge is 2.25. The lowest BCUT2D eigenvalue weighted by Crippen LogP contribution is -2.34. The number of aromatic hydroxyl groups is 1. The van der Waals surface area contributed by atoms with Gasteiger partial charge >= 0.3 is 0 Å².